The first-order chi connectivity index (χ1) is 7.29. The topological polar surface area (TPSA) is 24.4 Å². The van der Waals surface area contributed by atoms with Gasteiger partial charge in [0, 0.05) is 5.25 Å². The molecule has 1 N–H and O–H groups in total. The van der Waals surface area contributed by atoms with Crippen LogP contribution in [0.25, 0.3) is 0 Å². The number of para-hydroxylation sites is 1. The molecule has 0 aromatic heterocycles. The summed E-state index contributed by atoms with van der Waals surface area (Å²) in [5.41, 5.74) is 0.500. The summed E-state index contributed by atoms with van der Waals surface area (Å²) in [5, 5.41) is 4.38. The Kier molecular flexibility index (Phi) is 3.26. The van der Waals surface area contributed by atoms with Crippen LogP contribution in [0.2, 0.25) is 0 Å². The molecule has 0 spiro atoms. The van der Waals surface area contributed by atoms with Crippen molar-refractivity contribution in [3.05, 3.63) is 30.1 Å². The summed E-state index contributed by atoms with van der Waals surface area (Å²) in [5.74, 6) is -0.235. The van der Waals surface area contributed by atoms with Crippen molar-refractivity contribution in [2.75, 3.05) is 11.9 Å². The van der Waals surface area contributed by atoms with Gasteiger partial charge in [-0.2, -0.15) is 0 Å². The van der Waals surface area contributed by atoms with Gasteiger partial charge in [-0.1, -0.05) is 30.8 Å². The van der Waals surface area contributed by atoms with Crippen LogP contribution in [0.4, 0.5) is 10.1 Å². The molecule has 2 rings (SSSR count). The van der Waals surface area contributed by atoms with Gasteiger partial charge in [0.05, 0.1) is 12.2 Å². The molecule has 4 heteroatoms. The van der Waals surface area contributed by atoms with E-state index in [2.05, 4.69) is 17.2 Å². The zero-order chi connectivity index (χ0) is 10.7. The number of rotatable bonds is 2. The maximum Gasteiger partial charge on any atom is 0.161 e. The minimum absolute atomic E-state index is 0.235. The smallest absolute Gasteiger partial charge is 0.161 e. The van der Waals surface area contributed by atoms with E-state index in [1.165, 1.54) is 6.07 Å². The molecular formula is C11H13FN2S. The van der Waals surface area contributed by atoms with Gasteiger partial charge in [0.15, 0.2) is 5.17 Å². The van der Waals surface area contributed by atoms with Crippen molar-refractivity contribution < 1.29 is 4.39 Å². The predicted molar refractivity (Wildman–Crippen MR) is 64.0 cm³/mol. The van der Waals surface area contributed by atoms with E-state index in [9.17, 15) is 4.39 Å². The van der Waals surface area contributed by atoms with Gasteiger partial charge >= 0.3 is 0 Å². The van der Waals surface area contributed by atoms with E-state index in [1.807, 2.05) is 6.07 Å². The molecule has 0 aliphatic carbocycles. The molecule has 0 saturated carbocycles. The fourth-order valence-corrected chi connectivity index (χ4v) is 2.33. The van der Waals surface area contributed by atoms with E-state index in [0.717, 1.165) is 18.1 Å². The zero-order valence-corrected chi connectivity index (χ0v) is 9.35. The van der Waals surface area contributed by atoms with Crippen LogP contribution in [0.15, 0.2) is 29.3 Å². The first-order valence-electron chi connectivity index (χ1n) is 5.02. The Bertz CT molecular complexity index is 379. The van der Waals surface area contributed by atoms with Gasteiger partial charge in [-0.25, -0.2) is 4.39 Å². The molecule has 15 heavy (non-hydrogen) atoms. The number of amidine groups is 1. The van der Waals surface area contributed by atoms with Crippen molar-refractivity contribution in [1.82, 2.24) is 0 Å². The Morgan fingerprint density at radius 3 is 3.00 bits per heavy atom. The third kappa shape index (κ3) is 2.50. The quantitative estimate of drug-likeness (QED) is 0.834. The standard InChI is InChI=1S/C11H13FN2S/c1-2-8-7-13-11(15-8)14-10-6-4-3-5-9(10)12/h3-6,8H,2,7H2,1H3,(H,13,14). The Labute approximate surface area is 93.0 Å². The number of benzene rings is 1. The van der Waals surface area contributed by atoms with Crippen molar-refractivity contribution >= 4 is 22.6 Å². The second kappa shape index (κ2) is 4.66. The summed E-state index contributed by atoms with van der Waals surface area (Å²) >= 11 is 1.69. The Balaban J connectivity index is 2.02. The fourth-order valence-electron chi connectivity index (χ4n) is 1.38. The van der Waals surface area contributed by atoms with Crippen molar-refractivity contribution in [2.45, 2.75) is 18.6 Å². The minimum atomic E-state index is -0.235. The van der Waals surface area contributed by atoms with Gasteiger partial charge < -0.3 is 5.32 Å². The van der Waals surface area contributed by atoms with Gasteiger partial charge in [-0.15, -0.1) is 0 Å². The zero-order valence-electron chi connectivity index (χ0n) is 8.53. The summed E-state index contributed by atoms with van der Waals surface area (Å²) in [4.78, 5) is 4.33. The summed E-state index contributed by atoms with van der Waals surface area (Å²) < 4.78 is 13.3. The number of anilines is 1. The van der Waals surface area contributed by atoms with Gasteiger partial charge in [0.25, 0.3) is 0 Å². The summed E-state index contributed by atoms with van der Waals surface area (Å²) in [7, 11) is 0. The maximum absolute atomic E-state index is 13.3. The number of nitrogens with zero attached hydrogens (tertiary/aromatic N) is 1. The average Bonchev–Trinajstić information content (AvgIpc) is 2.69. The van der Waals surface area contributed by atoms with Crippen molar-refractivity contribution in [2.24, 2.45) is 4.99 Å². The lowest BCUT2D eigenvalue weighted by atomic mass is 10.3. The molecule has 0 fully saturated rings. The van der Waals surface area contributed by atoms with Gasteiger partial charge in [-0.3, -0.25) is 4.99 Å². The van der Waals surface area contributed by atoms with E-state index in [-0.39, 0.29) is 5.82 Å². The average molecular weight is 224 g/mol. The number of hydrogen-bond donors (Lipinski definition) is 1. The van der Waals surface area contributed by atoms with E-state index >= 15 is 0 Å². The Morgan fingerprint density at radius 2 is 2.33 bits per heavy atom. The second-order valence-corrected chi connectivity index (χ2v) is 4.69. The molecule has 0 saturated heterocycles. The molecule has 0 radical (unpaired) electrons. The van der Waals surface area contributed by atoms with E-state index in [4.69, 9.17) is 0 Å². The second-order valence-electron chi connectivity index (χ2n) is 3.40. The lowest BCUT2D eigenvalue weighted by Gasteiger charge is -2.07. The number of thioether (sulfide) groups is 1. The van der Waals surface area contributed by atoms with Crippen LogP contribution in [-0.4, -0.2) is 17.0 Å². The first-order valence-corrected chi connectivity index (χ1v) is 5.90. The monoisotopic (exact) mass is 224 g/mol. The highest BCUT2D eigenvalue weighted by atomic mass is 32.2. The van der Waals surface area contributed by atoms with Crippen molar-refractivity contribution in [1.29, 1.82) is 0 Å². The summed E-state index contributed by atoms with van der Waals surface area (Å²) in [6.45, 7) is 2.97. The first kappa shape index (κ1) is 10.5. The van der Waals surface area contributed by atoms with Crippen molar-refractivity contribution in [3.8, 4) is 0 Å². The molecule has 1 unspecified atom stereocenters. The fraction of sp³-hybridized carbons (Fsp3) is 0.364. The largest absolute Gasteiger partial charge is 0.333 e. The Morgan fingerprint density at radius 1 is 1.53 bits per heavy atom. The maximum atomic E-state index is 13.3. The van der Waals surface area contributed by atoms with Crippen LogP contribution < -0.4 is 5.32 Å². The Hall–Kier alpha value is -1.03. The van der Waals surface area contributed by atoms with Crippen LogP contribution in [0.5, 0.6) is 0 Å². The SMILES string of the molecule is CCC1CN=C(Nc2ccccc2F)S1. The highest BCUT2D eigenvalue weighted by Gasteiger charge is 2.18. The molecule has 1 aromatic carbocycles. The molecule has 80 valence electrons. The summed E-state index contributed by atoms with van der Waals surface area (Å²) in [6, 6.07) is 6.65. The van der Waals surface area contributed by atoms with E-state index in [0.29, 0.717) is 10.9 Å². The molecule has 1 aliphatic rings. The van der Waals surface area contributed by atoms with Crippen LogP contribution in [-0.2, 0) is 0 Å². The lowest BCUT2D eigenvalue weighted by molar-refractivity contribution is 0.632. The molecular weight excluding hydrogens is 211 g/mol. The van der Waals surface area contributed by atoms with E-state index in [1.54, 1.807) is 23.9 Å². The third-order valence-corrected chi connectivity index (χ3v) is 3.56. The lowest BCUT2D eigenvalue weighted by Crippen LogP contribution is -2.08. The van der Waals surface area contributed by atoms with Crippen molar-refractivity contribution in [3.63, 3.8) is 0 Å². The predicted octanol–water partition coefficient (Wildman–Crippen LogP) is 3.12. The van der Waals surface area contributed by atoms with Gasteiger partial charge in [0.2, 0.25) is 0 Å². The number of aliphatic imine (C=N–C) groups is 1. The van der Waals surface area contributed by atoms with Gasteiger partial charge in [-0.05, 0) is 18.6 Å². The van der Waals surface area contributed by atoms with Crippen LogP contribution in [0.3, 0.4) is 0 Å². The third-order valence-electron chi connectivity index (χ3n) is 2.29. The molecule has 1 atom stereocenters. The number of nitrogens with one attached hydrogen (secondary N) is 1. The van der Waals surface area contributed by atoms with Gasteiger partial charge in [0.1, 0.15) is 5.82 Å². The van der Waals surface area contributed by atoms with Crippen LogP contribution >= 0.6 is 11.8 Å². The highest BCUT2D eigenvalue weighted by molar-refractivity contribution is 8.15. The van der Waals surface area contributed by atoms with Crippen LogP contribution in [0.1, 0.15) is 13.3 Å². The molecule has 1 heterocycles. The molecule has 2 nitrogen and oxygen atoms in total. The van der Waals surface area contributed by atoms with E-state index < -0.39 is 0 Å². The molecule has 0 amide bonds. The molecule has 1 aliphatic heterocycles. The molecule has 0 bridgehead atoms. The number of hydrogen-bond acceptors (Lipinski definition) is 3. The minimum Gasteiger partial charge on any atom is -0.333 e. The van der Waals surface area contributed by atoms with Crippen LogP contribution in [0, 0.1) is 5.82 Å². The molecule has 1 aromatic rings. The summed E-state index contributed by atoms with van der Waals surface area (Å²) in [6.07, 6.45) is 1.09. The normalized spacial score (nSPS) is 20.1. The highest BCUT2D eigenvalue weighted by Crippen LogP contribution is 2.25. The number of halogens is 1.